The van der Waals surface area contributed by atoms with Crippen molar-refractivity contribution in [3.05, 3.63) is 29.8 Å². The first-order chi connectivity index (χ1) is 10.1. The zero-order chi connectivity index (χ0) is 15.7. The van der Waals surface area contributed by atoms with Crippen LogP contribution in [0.15, 0.2) is 24.3 Å². The Labute approximate surface area is 131 Å². The average molecular weight is 310 g/mol. The van der Waals surface area contributed by atoms with E-state index in [-0.39, 0.29) is 0 Å². The topological polar surface area (TPSA) is 52.6 Å². The molecule has 0 spiro atoms. The first-order valence-electron chi connectivity index (χ1n) is 7.41. The van der Waals surface area contributed by atoms with Gasteiger partial charge in [-0.15, -0.1) is 0 Å². The molecule has 0 aliphatic carbocycles. The van der Waals surface area contributed by atoms with Gasteiger partial charge in [0.25, 0.3) is 0 Å². The minimum atomic E-state index is -0.774. The van der Waals surface area contributed by atoms with Gasteiger partial charge < -0.3 is 15.3 Å². The molecule has 0 saturated heterocycles. The van der Waals surface area contributed by atoms with Crippen molar-refractivity contribution in [1.29, 1.82) is 0 Å². The lowest BCUT2D eigenvalue weighted by Crippen LogP contribution is -2.36. The van der Waals surface area contributed by atoms with Crippen molar-refractivity contribution in [2.45, 2.75) is 32.9 Å². The zero-order valence-corrected chi connectivity index (χ0v) is 13.9. The highest BCUT2D eigenvalue weighted by atomic mass is 32.2. The van der Waals surface area contributed by atoms with Gasteiger partial charge in [-0.2, -0.15) is 11.8 Å². The molecule has 1 aromatic carbocycles. The van der Waals surface area contributed by atoms with E-state index in [4.69, 9.17) is 0 Å². The molecular weight excluding hydrogens is 284 g/mol. The van der Waals surface area contributed by atoms with Gasteiger partial charge in [0.1, 0.15) is 6.04 Å². The van der Waals surface area contributed by atoms with E-state index in [1.54, 1.807) is 11.8 Å². The summed E-state index contributed by atoms with van der Waals surface area (Å²) in [6, 6.07) is 7.85. The summed E-state index contributed by atoms with van der Waals surface area (Å²) in [4.78, 5) is 13.5. The molecule has 0 saturated carbocycles. The van der Waals surface area contributed by atoms with Crippen molar-refractivity contribution >= 4 is 23.4 Å². The van der Waals surface area contributed by atoms with E-state index in [0.29, 0.717) is 13.0 Å². The molecule has 0 bridgehead atoms. The number of carbonyl (C=O) groups is 1. The summed E-state index contributed by atoms with van der Waals surface area (Å²) < 4.78 is 0. The largest absolute Gasteiger partial charge is 0.480 e. The maximum absolute atomic E-state index is 11.2. The van der Waals surface area contributed by atoms with E-state index >= 15 is 0 Å². The summed E-state index contributed by atoms with van der Waals surface area (Å²) in [6.45, 7) is 6.85. The number of hydrogen-bond acceptors (Lipinski definition) is 4. The van der Waals surface area contributed by atoms with Crippen LogP contribution >= 0.6 is 11.8 Å². The van der Waals surface area contributed by atoms with Gasteiger partial charge in [0.15, 0.2) is 0 Å². The summed E-state index contributed by atoms with van der Waals surface area (Å²) in [7, 11) is 0. The van der Waals surface area contributed by atoms with Crippen molar-refractivity contribution < 1.29 is 9.90 Å². The summed E-state index contributed by atoms with van der Waals surface area (Å²) in [6.07, 6.45) is 2.64. The van der Waals surface area contributed by atoms with Crippen LogP contribution in [0.25, 0.3) is 0 Å². The second-order valence-electron chi connectivity index (χ2n) is 4.89. The van der Waals surface area contributed by atoms with Gasteiger partial charge in [-0.05, 0) is 50.0 Å². The molecule has 0 aliphatic heterocycles. The van der Waals surface area contributed by atoms with E-state index in [1.165, 1.54) is 5.69 Å². The monoisotopic (exact) mass is 310 g/mol. The van der Waals surface area contributed by atoms with Crippen LogP contribution in [0.2, 0.25) is 0 Å². The fraction of sp³-hybridized carbons (Fsp3) is 0.562. The van der Waals surface area contributed by atoms with Gasteiger partial charge in [-0.25, -0.2) is 0 Å². The van der Waals surface area contributed by atoms with Crippen molar-refractivity contribution in [3.8, 4) is 0 Å². The zero-order valence-electron chi connectivity index (χ0n) is 13.1. The third-order valence-electron chi connectivity index (χ3n) is 3.53. The van der Waals surface area contributed by atoms with E-state index in [2.05, 4.69) is 48.3 Å². The maximum Gasteiger partial charge on any atom is 0.320 e. The lowest BCUT2D eigenvalue weighted by atomic mass is 10.1. The number of aliphatic carboxylic acids is 1. The van der Waals surface area contributed by atoms with E-state index < -0.39 is 12.0 Å². The Morgan fingerprint density at radius 3 is 2.38 bits per heavy atom. The van der Waals surface area contributed by atoms with Crippen molar-refractivity contribution in [1.82, 2.24) is 5.32 Å². The van der Waals surface area contributed by atoms with Crippen LogP contribution in [0.5, 0.6) is 0 Å². The first-order valence-corrected chi connectivity index (χ1v) is 8.80. The van der Waals surface area contributed by atoms with Crippen LogP contribution in [-0.4, -0.2) is 42.2 Å². The molecule has 118 valence electrons. The van der Waals surface area contributed by atoms with Crippen LogP contribution < -0.4 is 10.2 Å². The number of carboxylic acids is 1. The van der Waals surface area contributed by atoms with Gasteiger partial charge in [0.2, 0.25) is 0 Å². The Morgan fingerprint density at radius 1 is 1.29 bits per heavy atom. The van der Waals surface area contributed by atoms with E-state index in [1.807, 2.05) is 6.26 Å². The third-order valence-corrected chi connectivity index (χ3v) is 4.17. The van der Waals surface area contributed by atoms with Crippen LogP contribution in [0.1, 0.15) is 25.8 Å². The Kier molecular flexibility index (Phi) is 8.23. The minimum Gasteiger partial charge on any atom is -0.480 e. The van der Waals surface area contributed by atoms with Crippen LogP contribution in [0, 0.1) is 0 Å². The molecule has 0 radical (unpaired) electrons. The molecule has 5 heteroatoms. The minimum absolute atomic E-state index is 0.472. The molecule has 21 heavy (non-hydrogen) atoms. The Balaban J connectivity index is 2.56. The number of nitrogens with zero attached hydrogens (tertiary/aromatic N) is 1. The van der Waals surface area contributed by atoms with Crippen LogP contribution in [0.3, 0.4) is 0 Å². The van der Waals surface area contributed by atoms with Gasteiger partial charge in [0, 0.05) is 25.3 Å². The SMILES string of the molecule is CCN(CC)c1ccc(CNC(CCSC)C(=O)O)cc1. The quantitative estimate of drug-likeness (QED) is 0.696. The molecule has 0 heterocycles. The van der Waals surface area contributed by atoms with Gasteiger partial charge in [0.05, 0.1) is 0 Å². The smallest absolute Gasteiger partial charge is 0.320 e. The average Bonchev–Trinajstić information content (AvgIpc) is 2.49. The molecule has 1 atom stereocenters. The third kappa shape index (κ3) is 5.98. The number of carboxylic acid groups (broad SMARTS) is 1. The Hall–Kier alpha value is -1.20. The number of anilines is 1. The normalized spacial score (nSPS) is 12.1. The van der Waals surface area contributed by atoms with Gasteiger partial charge in [-0.3, -0.25) is 4.79 Å². The molecule has 0 aliphatic rings. The number of benzene rings is 1. The molecule has 0 fully saturated rings. The molecule has 1 aromatic rings. The van der Waals surface area contributed by atoms with Crippen molar-refractivity contribution in [2.75, 3.05) is 30.0 Å². The predicted octanol–water partition coefficient (Wildman–Crippen LogP) is 2.83. The van der Waals surface area contributed by atoms with Crippen LogP contribution in [0.4, 0.5) is 5.69 Å². The molecule has 2 N–H and O–H groups in total. The van der Waals surface area contributed by atoms with Crippen molar-refractivity contribution in [2.24, 2.45) is 0 Å². The summed E-state index contributed by atoms with van der Waals surface area (Å²) in [5.74, 6) is 0.0778. The first kappa shape index (κ1) is 17.9. The van der Waals surface area contributed by atoms with Crippen LogP contribution in [-0.2, 0) is 11.3 Å². The lowest BCUT2D eigenvalue weighted by molar-refractivity contribution is -0.139. The lowest BCUT2D eigenvalue weighted by Gasteiger charge is -2.21. The second-order valence-corrected chi connectivity index (χ2v) is 5.88. The number of thioether (sulfide) groups is 1. The van der Waals surface area contributed by atoms with E-state index in [0.717, 1.165) is 24.4 Å². The van der Waals surface area contributed by atoms with Crippen molar-refractivity contribution in [3.63, 3.8) is 0 Å². The highest BCUT2D eigenvalue weighted by Gasteiger charge is 2.15. The molecule has 4 nitrogen and oxygen atoms in total. The second kappa shape index (κ2) is 9.68. The number of nitrogens with one attached hydrogen (secondary N) is 1. The number of hydrogen-bond donors (Lipinski definition) is 2. The Morgan fingerprint density at radius 2 is 1.90 bits per heavy atom. The summed E-state index contributed by atoms with van der Waals surface area (Å²) >= 11 is 1.67. The summed E-state index contributed by atoms with van der Waals surface area (Å²) in [5.41, 5.74) is 2.32. The molecule has 1 rings (SSSR count). The summed E-state index contributed by atoms with van der Waals surface area (Å²) in [5, 5.41) is 12.3. The molecular formula is C16H26N2O2S. The molecule has 0 aromatic heterocycles. The highest BCUT2D eigenvalue weighted by Crippen LogP contribution is 2.15. The maximum atomic E-state index is 11.2. The standard InChI is InChI=1S/C16H26N2O2S/c1-4-18(5-2)14-8-6-13(7-9-14)12-17-15(16(19)20)10-11-21-3/h6-9,15,17H,4-5,10-12H2,1-3H3,(H,19,20). The number of rotatable bonds is 10. The fourth-order valence-corrected chi connectivity index (χ4v) is 2.67. The molecule has 1 unspecified atom stereocenters. The molecule has 0 amide bonds. The van der Waals surface area contributed by atoms with E-state index in [9.17, 15) is 9.90 Å². The van der Waals surface area contributed by atoms with Gasteiger partial charge >= 0.3 is 5.97 Å². The Bertz CT molecular complexity index is 419. The highest BCUT2D eigenvalue weighted by molar-refractivity contribution is 7.98. The van der Waals surface area contributed by atoms with Gasteiger partial charge in [-0.1, -0.05) is 12.1 Å². The fourth-order valence-electron chi connectivity index (χ4n) is 2.20. The predicted molar refractivity (Wildman–Crippen MR) is 91.3 cm³/mol.